The van der Waals surface area contributed by atoms with Crippen molar-refractivity contribution < 1.29 is 15.3 Å². The lowest BCUT2D eigenvalue weighted by Gasteiger charge is -2.10. The molecule has 0 aliphatic heterocycles. The third kappa shape index (κ3) is 11.2. The Morgan fingerprint density at radius 3 is 2.69 bits per heavy atom. The topological polar surface area (TPSA) is 73.6 Å². The van der Waals surface area contributed by atoms with E-state index >= 15 is 0 Å². The van der Waals surface area contributed by atoms with E-state index in [-0.39, 0.29) is 6.61 Å². The molecule has 146 valence electrons. The second-order valence-electron chi connectivity index (χ2n) is 6.76. The zero-order chi connectivity index (χ0) is 19.0. The molecule has 1 aromatic heterocycles. The molecule has 0 amide bonds. The van der Waals surface area contributed by atoms with Crippen LogP contribution in [0.25, 0.3) is 6.08 Å². The Kier molecular flexibility index (Phi) is 12.7. The van der Waals surface area contributed by atoms with Crippen LogP contribution in [0.3, 0.4) is 0 Å². The van der Waals surface area contributed by atoms with Crippen molar-refractivity contribution >= 4 is 6.08 Å². The van der Waals surface area contributed by atoms with Crippen LogP contribution in [-0.2, 0) is 6.42 Å². The average molecular weight is 362 g/mol. The smallest absolute Gasteiger partial charge is 0.0759 e. The number of nitrogens with zero attached hydrogens (tertiary/aromatic N) is 1. The average Bonchev–Trinajstić information content (AvgIpc) is 2.63. The van der Waals surface area contributed by atoms with Gasteiger partial charge >= 0.3 is 0 Å². The van der Waals surface area contributed by atoms with Gasteiger partial charge in [0.25, 0.3) is 0 Å². The number of hydrogen-bond acceptors (Lipinski definition) is 4. The van der Waals surface area contributed by atoms with E-state index in [1.807, 2.05) is 30.4 Å². The first-order valence-electron chi connectivity index (χ1n) is 9.91. The summed E-state index contributed by atoms with van der Waals surface area (Å²) in [5, 5.41) is 28.8. The molecule has 0 unspecified atom stereocenters. The van der Waals surface area contributed by atoms with Crippen molar-refractivity contribution in [2.45, 2.75) is 76.9 Å². The molecule has 1 aromatic rings. The van der Waals surface area contributed by atoms with E-state index in [0.29, 0.717) is 19.3 Å². The molecule has 0 bridgehead atoms. The molecule has 0 radical (unpaired) electrons. The molecule has 1 rings (SSSR count). The van der Waals surface area contributed by atoms with Crippen LogP contribution in [0, 0.1) is 0 Å². The molecule has 4 heteroatoms. The van der Waals surface area contributed by atoms with Crippen LogP contribution in [0.4, 0.5) is 0 Å². The Morgan fingerprint density at radius 2 is 1.92 bits per heavy atom. The van der Waals surface area contributed by atoms with Crippen LogP contribution < -0.4 is 0 Å². The fourth-order valence-corrected chi connectivity index (χ4v) is 2.69. The molecule has 26 heavy (non-hydrogen) atoms. The Hall–Kier alpha value is -1.49. The molecule has 3 N–H and O–H groups in total. The summed E-state index contributed by atoms with van der Waals surface area (Å²) in [7, 11) is 0. The van der Waals surface area contributed by atoms with Crippen molar-refractivity contribution in [3.63, 3.8) is 0 Å². The molecule has 0 saturated carbocycles. The number of aliphatic hydroxyl groups is 3. The van der Waals surface area contributed by atoms with Crippen molar-refractivity contribution in [3.8, 4) is 0 Å². The second kappa shape index (κ2) is 14.7. The standard InChI is InChI=1S/C22H35NO3/c1-2-3-4-5-6-7-13-21(25)16-15-19-11-10-12-20(23-19)18-22(26)14-8-9-17-24/h6-7,10-12,15-16,21-22,24-26H,2-5,8-9,13-14,17-18H2,1H3/b7-6-,16-15+/t21-,22+/m1/s1. The summed E-state index contributed by atoms with van der Waals surface area (Å²) in [6, 6.07) is 5.72. The molecule has 0 aliphatic carbocycles. The van der Waals surface area contributed by atoms with Crippen LogP contribution in [0.15, 0.2) is 36.4 Å². The van der Waals surface area contributed by atoms with Crippen molar-refractivity contribution in [2.24, 2.45) is 0 Å². The zero-order valence-corrected chi connectivity index (χ0v) is 16.1. The second-order valence-corrected chi connectivity index (χ2v) is 6.76. The van der Waals surface area contributed by atoms with Gasteiger partial charge in [-0.15, -0.1) is 0 Å². The first kappa shape index (κ1) is 22.6. The van der Waals surface area contributed by atoms with Gasteiger partial charge in [0.2, 0.25) is 0 Å². The highest BCUT2D eigenvalue weighted by atomic mass is 16.3. The third-order valence-electron chi connectivity index (χ3n) is 4.23. The summed E-state index contributed by atoms with van der Waals surface area (Å²) >= 11 is 0. The molecule has 0 aromatic carbocycles. The van der Waals surface area contributed by atoms with E-state index < -0.39 is 12.2 Å². The highest BCUT2D eigenvalue weighted by Crippen LogP contribution is 2.10. The van der Waals surface area contributed by atoms with E-state index in [9.17, 15) is 10.2 Å². The summed E-state index contributed by atoms with van der Waals surface area (Å²) in [5.41, 5.74) is 1.63. The van der Waals surface area contributed by atoms with Gasteiger partial charge in [-0.2, -0.15) is 0 Å². The molecular weight excluding hydrogens is 326 g/mol. The largest absolute Gasteiger partial charge is 0.396 e. The van der Waals surface area contributed by atoms with E-state index in [4.69, 9.17) is 5.11 Å². The predicted molar refractivity (Wildman–Crippen MR) is 108 cm³/mol. The Morgan fingerprint density at radius 1 is 1.08 bits per heavy atom. The van der Waals surface area contributed by atoms with Crippen molar-refractivity contribution in [2.75, 3.05) is 6.61 Å². The van der Waals surface area contributed by atoms with Gasteiger partial charge in [0, 0.05) is 18.7 Å². The normalized spacial score (nSPS) is 14.3. The lowest BCUT2D eigenvalue weighted by atomic mass is 10.1. The maximum absolute atomic E-state index is 10.0. The molecule has 4 nitrogen and oxygen atoms in total. The number of rotatable bonds is 14. The number of hydrogen-bond donors (Lipinski definition) is 3. The summed E-state index contributed by atoms with van der Waals surface area (Å²) in [4.78, 5) is 4.52. The fraction of sp³-hybridized carbons (Fsp3) is 0.591. The van der Waals surface area contributed by atoms with Crippen LogP contribution in [0.2, 0.25) is 0 Å². The molecular formula is C22H35NO3. The Bertz CT molecular complexity index is 528. The number of unbranched alkanes of at least 4 members (excludes halogenated alkanes) is 4. The van der Waals surface area contributed by atoms with Gasteiger partial charge < -0.3 is 15.3 Å². The van der Waals surface area contributed by atoms with Gasteiger partial charge in [0.05, 0.1) is 17.9 Å². The van der Waals surface area contributed by atoms with Crippen LogP contribution in [0.1, 0.15) is 69.7 Å². The van der Waals surface area contributed by atoms with Crippen LogP contribution in [-0.4, -0.2) is 39.1 Å². The monoisotopic (exact) mass is 361 g/mol. The number of aromatic nitrogens is 1. The summed E-state index contributed by atoms with van der Waals surface area (Å²) in [5.74, 6) is 0. The van der Waals surface area contributed by atoms with Crippen molar-refractivity contribution in [1.29, 1.82) is 0 Å². The van der Waals surface area contributed by atoms with Crippen LogP contribution >= 0.6 is 0 Å². The number of allylic oxidation sites excluding steroid dienone is 1. The molecule has 0 aliphatic rings. The third-order valence-corrected chi connectivity index (χ3v) is 4.23. The van der Waals surface area contributed by atoms with Crippen molar-refractivity contribution in [3.05, 3.63) is 47.8 Å². The highest BCUT2D eigenvalue weighted by Gasteiger charge is 2.06. The van der Waals surface area contributed by atoms with Gasteiger partial charge in [0.15, 0.2) is 0 Å². The minimum atomic E-state index is -0.507. The van der Waals surface area contributed by atoms with Gasteiger partial charge in [-0.3, -0.25) is 4.98 Å². The highest BCUT2D eigenvalue weighted by molar-refractivity contribution is 5.45. The lowest BCUT2D eigenvalue weighted by molar-refractivity contribution is 0.156. The van der Waals surface area contributed by atoms with E-state index in [2.05, 4.69) is 18.0 Å². The summed E-state index contributed by atoms with van der Waals surface area (Å²) in [6.07, 6.45) is 14.9. The lowest BCUT2D eigenvalue weighted by Crippen LogP contribution is -2.11. The molecule has 0 fully saturated rings. The molecule has 0 saturated heterocycles. The first-order chi connectivity index (χ1) is 12.7. The maximum Gasteiger partial charge on any atom is 0.0759 e. The summed E-state index contributed by atoms with van der Waals surface area (Å²) < 4.78 is 0. The predicted octanol–water partition coefficient (Wildman–Crippen LogP) is 4.05. The Balaban J connectivity index is 2.40. The van der Waals surface area contributed by atoms with Gasteiger partial charge in [0.1, 0.15) is 0 Å². The van der Waals surface area contributed by atoms with E-state index in [0.717, 1.165) is 30.7 Å². The quantitative estimate of drug-likeness (QED) is 0.345. The number of aliphatic hydroxyl groups excluding tert-OH is 3. The number of pyridine rings is 1. The first-order valence-corrected chi connectivity index (χ1v) is 9.91. The molecule has 1 heterocycles. The zero-order valence-electron chi connectivity index (χ0n) is 16.1. The van der Waals surface area contributed by atoms with Crippen molar-refractivity contribution in [1.82, 2.24) is 4.98 Å². The van der Waals surface area contributed by atoms with Gasteiger partial charge in [-0.05, 0) is 56.7 Å². The SMILES string of the molecule is CCCCC/C=C\C[C@@H](O)/C=C/c1cccc(C[C@@H](O)CCCCO)n1. The van der Waals surface area contributed by atoms with Gasteiger partial charge in [-0.1, -0.05) is 44.1 Å². The maximum atomic E-state index is 10.0. The minimum absolute atomic E-state index is 0.168. The Labute approximate surface area is 158 Å². The minimum Gasteiger partial charge on any atom is -0.396 e. The van der Waals surface area contributed by atoms with Crippen LogP contribution in [0.5, 0.6) is 0 Å². The summed E-state index contributed by atoms with van der Waals surface area (Å²) in [6.45, 7) is 2.36. The fourth-order valence-electron chi connectivity index (χ4n) is 2.69. The van der Waals surface area contributed by atoms with E-state index in [1.54, 1.807) is 6.08 Å². The molecule has 2 atom stereocenters. The molecule has 0 spiro atoms. The van der Waals surface area contributed by atoms with Gasteiger partial charge in [-0.25, -0.2) is 0 Å². The van der Waals surface area contributed by atoms with E-state index in [1.165, 1.54) is 19.3 Å².